The first kappa shape index (κ1) is 18.0. The van der Waals surface area contributed by atoms with Crippen LogP contribution in [0.2, 0.25) is 5.02 Å². The average molecular weight is 378 g/mol. The Hall–Kier alpha value is -1.85. The summed E-state index contributed by atoms with van der Waals surface area (Å²) < 4.78 is 25.0. The Labute approximate surface area is 153 Å². The number of rotatable bonds is 5. The van der Waals surface area contributed by atoms with E-state index in [0.29, 0.717) is 15.6 Å². The van der Waals surface area contributed by atoms with E-state index in [9.17, 15) is 13.2 Å². The first-order chi connectivity index (χ1) is 11.8. The van der Waals surface area contributed by atoms with E-state index in [1.165, 1.54) is 5.56 Å². The average Bonchev–Trinajstić information content (AvgIpc) is 3.04. The lowest BCUT2D eigenvalue weighted by Gasteiger charge is -2.09. The fraction of sp³-hybridized carbons (Fsp3) is 0.316. The van der Waals surface area contributed by atoms with Crippen molar-refractivity contribution in [3.05, 3.63) is 58.1 Å². The molecule has 0 saturated carbocycles. The summed E-state index contributed by atoms with van der Waals surface area (Å²) in [6.45, 7) is 1.87. The van der Waals surface area contributed by atoms with Crippen molar-refractivity contribution >= 4 is 33.0 Å². The molecule has 2 aromatic rings. The Balaban J connectivity index is 1.63. The second-order valence-corrected chi connectivity index (χ2v) is 8.88. The fourth-order valence-electron chi connectivity index (χ4n) is 2.98. The highest BCUT2D eigenvalue weighted by Crippen LogP contribution is 2.25. The van der Waals surface area contributed by atoms with Crippen molar-refractivity contribution in [3.63, 3.8) is 0 Å². The molecular weight excluding hydrogens is 358 g/mol. The zero-order valence-corrected chi connectivity index (χ0v) is 15.6. The van der Waals surface area contributed by atoms with Crippen molar-refractivity contribution < 1.29 is 13.2 Å². The Morgan fingerprint density at radius 3 is 2.64 bits per heavy atom. The third-order valence-corrected chi connectivity index (χ3v) is 6.60. The molecule has 0 bridgehead atoms. The zero-order chi connectivity index (χ0) is 18.0. The number of anilines is 1. The normalized spacial score (nSPS) is 13.5. The van der Waals surface area contributed by atoms with Gasteiger partial charge in [-0.2, -0.15) is 0 Å². The molecule has 0 atom stereocenters. The standard InChI is InChI=1S/C19H20ClNO3S/c1-13-5-7-16(12-18(13)20)21-19(22)9-10-25(23,24)17-8-6-14-3-2-4-15(14)11-17/h5-8,11-12H,2-4,9-10H2,1H3,(H,21,22). The molecule has 0 spiro atoms. The van der Waals surface area contributed by atoms with E-state index >= 15 is 0 Å². The maximum atomic E-state index is 12.5. The van der Waals surface area contributed by atoms with Crippen molar-refractivity contribution in [1.29, 1.82) is 0 Å². The molecule has 0 fully saturated rings. The zero-order valence-electron chi connectivity index (χ0n) is 14.0. The molecule has 4 nitrogen and oxygen atoms in total. The number of sulfone groups is 1. The summed E-state index contributed by atoms with van der Waals surface area (Å²) in [6, 6.07) is 10.5. The van der Waals surface area contributed by atoms with E-state index in [1.54, 1.807) is 30.3 Å². The van der Waals surface area contributed by atoms with Crippen LogP contribution in [0.15, 0.2) is 41.3 Å². The molecule has 0 heterocycles. The van der Waals surface area contributed by atoms with Gasteiger partial charge in [0.15, 0.2) is 9.84 Å². The SMILES string of the molecule is Cc1ccc(NC(=O)CCS(=O)(=O)c2ccc3c(c2)CCC3)cc1Cl. The van der Waals surface area contributed by atoms with Crippen LogP contribution < -0.4 is 5.32 Å². The molecule has 132 valence electrons. The van der Waals surface area contributed by atoms with Gasteiger partial charge >= 0.3 is 0 Å². The predicted molar refractivity (Wildman–Crippen MR) is 100.0 cm³/mol. The van der Waals surface area contributed by atoms with Crippen LogP contribution in [0.3, 0.4) is 0 Å². The van der Waals surface area contributed by atoms with Crippen molar-refractivity contribution in [3.8, 4) is 0 Å². The van der Waals surface area contributed by atoms with E-state index in [2.05, 4.69) is 5.32 Å². The molecule has 3 rings (SSSR count). The molecule has 0 aliphatic heterocycles. The van der Waals surface area contributed by atoms with Gasteiger partial charge in [-0.15, -0.1) is 0 Å². The molecule has 0 radical (unpaired) electrons. The van der Waals surface area contributed by atoms with Gasteiger partial charge in [-0.25, -0.2) is 8.42 Å². The monoisotopic (exact) mass is 377 g/mol. The number of benzene rings is 2. The number of amides is 1. The van der Waals surface area contributed by atoms with Crippen LogP contribution in [0, 0.1) is 6.92 Å². The maximum absolute atomic E-state index is 12.5. The highest BCUT2D eigenvalue weighted by Gasteiger charge is 2.20. The van der Waals surface area contributed by atoms with Gasteiger partial charge < -0.3 is 5.32 Å². The van der Waals surface area contributed by atoms with Crippen LogP contribution in [0.25, 0.3) is 0 Å². The summed E-state index contributed by atoms with van der Waals surface area (Å²) in [4.78, 5) is 12.4. The number of nitrogens with one attached hydrogen (secondary N) is 1. The summed E-state index contributed by atoms with van der Waals surface area (Å²) >= 11 is 6.03. The summed E-state index contributed by atoms with van der Waals surface area (Å²) in [6.07, 6.45) is 2.91. The number of carbonyl (C=O) groups excluding carboxylic acids is 1. The quantitative estimate of drug-likeness (QED) is 0.858. The molecule has 1 aliphatic rings. The van der Waals surface area contributed by atoms with E-state index < -0.39 is 9.84 Å². The molecule has 1 amide bonds. The number of fused-ring (bicyclic) bond motifs is 1. The fourth-order valence-corrected chi connectivity index (χ4v) is 4.45. The van der Waals surface area contributed by atoms with Crippen molar-refractivity contribution in [2.24, 2.45) is 0 Å². The lowest BCUT2D eigenvalue weighted by Crippen LogP contribution is -2.17. The molecule has 25 heavy (non-hydrogen) atoms. The number of halogens is 1. The molecule has 2 aromatic carbocycles. The highest BCUT2D eigenvalue weighted by molar-refractivity contribution is 7.91. The Kier molecular flexibility index (Phi) is 5.16. The van der Waals surface area contributed by atoms with Crippen molar-refractivity contribution in [1.82, 2.24) is 0 Å². The number of hydrogen-bond acceptors (Lipinski definition) is 3. The number of aryl methyl sites for hydroxylation is 3. The van der Waals surface area contributed by atoms with Gasteiger partial charge in [0.2, 0.25) is 5.91 Å². The lowest BCUT2D eigenvalue weighted by molar-refractivity contribution is -0.115. The van der Waals surface area contributed by atoms with Crippen molar-refractivity contribution in [2.45, 2.75) is 37.5 Å². The minimum atomic E-state index is -3.47. The predicted octanol–water partition coefficient (Wildman–Crippen LogP) is 3.94. The Bertz CT molecular complexity index is 922. The first-order valence-electron chi connectivity index (χ1n) is 8.26. The molecule has 0 unspecified atom stereocenters. The summed E-state index contributed by atoms with van der Waals surface area (Å²) in [5.74, 6) is -0.554. The second-order valence-electron chi connectivity index (χ2n) is 6.37. The van der Waals surface area contributed by atoms with E-state index in [4.69, 9.17) is 11.6 Å². The topological polar surface area (TPSA) is 63.2 Å². The van der Waals surface area contributed by atoms with Crippen LogP contribution in [0.5, 0.6) is 0 Å². The van der Waals surface area contributed by atoms with Crippen LogP contribution in [-0.2, 0) is 27.5 Å². The third-order valence-electron chi connectivity index (χ3n) is 4.48. The summed E-state index contributed by atoms with van der Waals surface area (Å²) in [5, 5.41) is 3.25. The van der Waals surface area contributed by atoms with Gasteiger partial charge in [0.25, 0.3) is 0 Å². The first-order valence-corrected chi connectivity index (χ1v) is 10.3. The Morgan fingerprint density at radius 2 is 1.88 bits per heavy atom. The lowest BCUT2D eigenvalue weighted by atomic mass is 10.1. The third kappa shape index (κ3) is 4.22. The molecule has 0 saturated heterocycles. The van der Waals surface area contributed by atoms with Gasteiger partial charge in [-0.05, 0) is 67.1 Å². The highest BCUT2D eigenvalue weighted by atomic mass is 35.5. The van der Waals surface area contributed by atoms with Gasteiger partial charge in [-0.3, -0.25) is 4.79 Å². The van der Waals surface area contributed by atoms with Gasteiger partial charge in [0.05, 0.1) is 10.6 Å². The largest absolute Gasteiger partial charge is 0.326 e. The van der Waals surface area contributed by atoms with Gasteiger partial charge in [0.1, 0.15) is 0 Å². The molecule has 1 N–H and O–H groups in total. The Morgan fingerprint density at radius 1 is 1.12 bits per heavy atom. The number of carbonyl (C=O) groups is 1. The molecule has 1 aliphatic carbocycles. The minimum Gasteiger partial charge on any atom is -0.326 e. The molecule has 0 aromatic heterocycles. The molecule has 6 heteroatoms. The minimum absolute atomic E-state index is 0.0923. The van der Waals surface area contributed by atoms with E-state index in [0.717, 1.165) is 30.4 Å². The summed E-state index contributed by atoms with van der Waals surface area (Å²) in [7, 11) is -3.47. The van der Waals surface area contributed by atoms with E-state index in [-0.39, 0.29) is 18.1 Å². The second kappa shape index (κ2) is 7.18. The van der Waals surface area contributed by atoms with Crippen molar-refractivity contribution in [2.75, 3.05) is 11.1 Å². The molecular formula is C19H20ClNO3S. The van der Waals surface area contributed by atoms with Crippen LogP contribution in [0.1, 0.15) is 29.5 Å². The van der Waals surface area contributed by atoms with Gasteiger partial charge in [0, 0.05) is 17.1 Å². The smallest absolute Gasteiger partial charge is 0.225 e. The van der Waals surface area contributed by atoms with Gasteiger partial charge in [-0.1, -0.05) is 23.7 Å². The van der Waals surface area contributed by atoms with Crippen LogP contribution in [-0.4, -0.2) is 20.1 Å². The summed E-state index contributed by atoms with van der Waals surface area (Å²) in [5.41, 5.74) is 3.82. The number of hydrogen-bond donors (Lipinski definition) is 1. The maximum Gasteiger partial charge on any atom is 0.225 e. The van der Waals surface area contributed by atoms with E-state index in [1.807, 2.05) is 13.0 Å². The van der Waals surface area contributed by atoms with Crippen LogP contribution >= 0.6 is 11.6 Å². The van der Waals surface area contributed by atoms with Crippen LogP contribution in [0.4, 0.5) is 5.69 Å².